The van der Waals surface area contributed by atoms with Gasteiger partial charge in [-0.25, -0.2) is 0 Å². The summed E-state index contributed by atoms with van der Waals surface area (Å²) in [5, 5.41) is 3.18. The molecule has 0 atom stereocenters. The smallest absolute Gasteiger partial charge is 0.223 e. The Hall–Kier alpha value is -0.830. The van der Waals surface area contributed by atoms with Gasteiger partial charge in [-0.15, -0.1) is 6.58 Å². The largest absolute Gasteiger partial charge is 0.337 e. The number of nitrogens with one attached hydrogen (secondary N) is 1. The molecule has 1 fully saturated rings. The van der Waals surface area contributed by atoms with Crippen LogP contribution in [0, 0.1) is 5.92 Å². The highest BCUT2D eigenvalue weighted by molar-refractivity contribution is 5.77. The molecule has 0 bridgehead atoms. The second-order valence-electron chi connectivity index (χ2n) is 4.16. The third-order valence-electron chi connectivity index (χ3n) is 2.60. The molecule has 0 aromatic carbocycles. The van der Waals surface area contributed by atoms with E-state index >= 15 is 0 Å². The van der Waals surface area contributed by atoms with Gasteiger partial charge in [0, 0.05) is 19.0 Å². The van der Waals surface area contributed by atoms with Crippen molar-refractivity contribution in [1.29, 1.82) is 0 Å². The van der Waals surface area contributed by atoms with E-state index in [0.717, 1.165) is 13.1 Å². The molecule has 0 aliphatic carbocycles. The van der Waals surface area contributed by atoms with Gasteiger partial charge in [-0.1, -0.05) is 6.08 Å². The van der Waals surface area contributed by atoms with Crippen molar-refractivity contribution in [2.45, 2.75) is 26.3 Å². The lowest BCUT2D eigenvalue weighted by atomic mass is 9.98. The highest BCUT2D eigenvalue weighted by Crippen LogP contribution is 2.12. The second kappa shape index (κ2) is 5.15. The van der Waals surface area contributed by atoms with E-state index in [1.807, 2.05) is 18.7 Å². The van der Waals surface area contributed by atoms with Crippen LogP contribution in [-0.4, -0.2) is 36.5 Å². The number of hydrogen-bond donors (Lipinski definition) is 1. The predicted molar refractivity (Wildman–Crippen MR) is 58.0 cm³/mol. The normalized spacial score (nSPS) is 16.5. The van der Waals surface area contributed by atoms with Gasteiger partial charge in [0.05, 0.1) is 0 Å². The molecule has 0 radical (unpaired) electrons. The quantitative estimate of drug-likeness (QED) is 0.666. The van der Waals surface area contributed by atoms with Gasteiger partial charge in [-0.2, -0.15) is 0 Å². The number of rotatable bonds is 5. The second-order valence-corrected chi connectivity index (χ2v) is 4.16. The van der Waals surface area contributed by atoms with Crippen molar-refractivity contribution >= 4 is 5.91 Å². The number of hydrogen-bond acceptors (Lipinski definition) is 2. The monoisotopic (exact) mass is 196 g/mol. The van der Waals surface area contributed by atoms with Gasteiger partial charge < -0.3 is 10.2 Å². The van der Waals surface area contributed by atoms with Crippen molar-refractivity contribution in [2.75, 3.05) is 19.6 Å². The first kappa shape index (κ1) is 11.2. The minimum atomic E-state index is 0.256. The van der Waals surface area contributed by atoms with E-state index in [1.54, 1.807) is 6.08 Å². The van der Waals surface area contributed by atoms with E-state index in [4.69, 9.17) is 0 Å². The molecule has 1 aliphatic heterocycles. The first-order valence-corrected chi connectivity index (χ1v) is 5.26. The Kier molecular flexibility index (Phi) is 4.14. The first-order chi connectivity index (χ1) is 6.65. The summed E-state index contributed by atoms with van der Waals surface area (Å²) in [5.74, 6) is 0.806. The van der Waals surface area contributed by atoms with Crippen molar-refractivity contribution < 1.29 is 4.79 Å². The van der Waals surface area contributed by atoms with Crippen LogP contribution in [0.5, 0.6) is 0 Å². The summed E-state index contributed by atoms with van der Waals surface area (Å²) < 4.78 is 0. The minimum absolute atomic E-state index is 0.256. The van der Waals surface area contributed by atoms with Crippen LogP contribution in [0.1, 0.15) is 20.3 Å². The minimum Gasteiger partial charge on any atom is -0.337 e. The molecule has 3 heteroatoms. The molecule has 0 spiro atoms. The molecular formula is C11H20N2O. The Balaban J connectivity index is 2.40. The van der Waals surface area contributed by atoms with Crippen molar-refractivity contribution in [3.05, 3.63) is 12.7 Å². The molecule has 0 unspecified atom stereocenters. The zero-order chi connectivity index (χ0) is 10.6. The lowest BCUT2D eigenvalue weighted by Gasteiger charge is -2.31. The van der Waals surface area contributed by atoms with Crippen LogP contribution in [0.4, 0.5) is 0 Å². The maximum atomic E-state index is 11.8. The highest BCUT2D eigenvalue weighted by atomic mass is 16.2. The number of carbonyl (C=O) groups is 1. The predicted octanol–water partition coefficient (Wildman–Crippen LogP) is 1.02. The summed E-state index contributed by atoms with van der Waals surface area (Å²) in [5.41, 5.74) is 0. The summed E-state index contributed by atoms with van der Waals surface area (Å²) in [4.78, 5) is 13.7. The molecule has 3 nitrogen and oxygen atoms in total. The SMILES string of the molecule is C=CCN(C(=O)CC1CNC1)C(C)C. The fourth-order valence-electron chi connectivity index (χ4n) is 1.60. The van der Waals surface area contributed by atoms with Crippen molar-refractivity contribution in [3.8, 4) is 0 Å². The summed E-state index contributed by atoms with van der Waals surface area (Å²) in [6.07, 6.45) is 2.47. The van der Waals surface area contributed by atoms with Gasteiger partial charge in [0.2, 0.25) is 5.91 Å². The summed E-state index contributed by atoms with van der Waals surface area (Å²) in [6.45, 7) is 10.4. The topological polar surface area (TPSA) is 32.3 Å². The third-order valence-corrected chi connectivity index (χ3v) is 2.60. The Morgan fingerprint density at radius 1 is 1.64 bits per heavy atom. The van der Waals surface area contributed by atoms with Crippen molar-refractivity contribution in [2.24, 2.45) is 5.92 Å². The molecule has 1 aliphatic rings. The van der Waals surface area contributed by atoms with Gasteiger partial charge in [-0.05, 0) is 32.9 Å². The molecule has 1 heterocycles. The molecule has 14 heavy (non-hydrogen) atoms. The molecule has 0 aromatic heterocycles. The Morgan fingerprint density at radius 2 is 2.29 bits per heavy atom. The summed E-state index contributed by atoms with van der Waals surface area (Å²) in [6, 6.07) is 0.272. The maximum Gasteiger partial charge on any atom is 0.223 e. The van der Waals surface area contributed by atoms with Crippen LogP contribution < -0.4 is 5.32 Å². The first-order valence-electron chi connectivity index (χ1n) is 5.26. The van der Waals surface area contributed by atoms with Crippen LogP contribution in [0.15, 0.2) is 12.7 Å². The molecule has 1 N–H and O–H groups in total. The standard InChI is InChI=1S/C11H20N2O/c1-4-5-13(9(2)3)11(14)6-10-7-12-8-10/h4,9-10,12H,1,5-8H2,2-3H3. The van der Waals surface area contributed by atoms with Crippen LogP contribution in [-0.2, 0) is 4.79 Å². The summed E-state index contributed by atoms with van der Waals surface area (Å²) >= 11 is 0. The van der Waals surface area contributed by atoms with Crippen LogP contribution in [0.2, 0.25) is 0 Å². The van der Waals surface area contributed by atoms with E-state index in [0.29, 0.717) is 18.9 Å². The van der Waals surface area contributed by atoms with E-state index in [2.05, 4.69) is 11.9 Å². The third kappa shape index (κ3) is 2.84. The molecule has 1 saturated heterocycles. The van der Waals surface area contributed by atoms with Crippen LogP contribution in [0.25, 0.3) is 0 Å². The lowest BCUT2D eigenvalue weighted by molar-refractivity contribution is -0.133. The average molecular weight is 196 g/mol. The molecule has 1 rings (SSSR count). The number of nitrogens with zero attached hydrogens (tertiary/aromatic N) is 1. The van der Waals surface area contributed by atoms with Gasteiger partial charge in [-0.3, -0.25) is 4.79 Å². The Morgan fingerprint density at radius 3 is 2.64 bits per heavy atom. The molecule has 1 amide bonds. The lowest BCUT2D eigenvalue weighted by Crippen LogP contribution is -2.46. The van der Waals surface area contributed by atoms with E-state index < -0.39 is 0 Å². The molecule has 0 aromatic rings. The van der Waals surface area contributed by atoms with Gasteiger partial charge >= 0.3 is 0 Å². The molecule has 0 saturated carbocycles. The number of amides is 1. The van der Waals surface area contributed by atoms with Crippen molar-refractivity contribution in [1.82, 2.24) is 10.2 Å². The van der Waals surface area contributed by atoms with Gasteiger partial charge in [0.25, 0.3) is 0 Å². The zero-order valence-electron chi connectivity index (χ0n) is 9.12. The van der Waals surface area contributed by atoms with Crippen molar-refractivity contribution in [3.63, 3.8) is 0 Å². The molecular weight excluding hydrogens is 176 g/mol. The van der Waals surface area contributed by atoms with E-state index in [-0.39, 0.29) is 11.9 Å². The van der Waals surface area contributed by atoms with Gasteiger partial charge in [0.1, 0.15) is 0 Å². The maximum absolute atomic E-state index is 11.8. The number of carbonyl (C=O) groups excluding carboxylic acids is 1. The zero-order valence-corrected chi connectivity index (χ0v) is 9.12. The Bertz CT molecular complexity index is 209. The highest BCUT2D eigenvalue weighted by Gasteiger charge is 2.23. The fourth-order valence-corrected chi connectivity index (χ4v) is 1.60. The van der Waals surface area contributed by atoms with Crippen LogP contribution >= 0.6 is 0 Å². The fraction of sp³-hybridized carbons (Fsp3) is 0.727. The van der Waals surface area contributed by atoms with E-state index in [9.17, 15) is 4.79 Å². The van der Waals surface area contributed by atoms with Crippen LogP contribution in [0.3, 0.4) is 0 Å². The summed E-state index contributed by atoms with van der Waals surface area (Å²) in [7, 11) is 0. The average Bonchev–Trinajstić information content (AvgIpc) is 2.06. The Labute approximate surface area is 86.2 Å². The van der Waals surface area contributed by atoms with E-state index in [1.165, 1.54) is 0 Å². The molecule has 80 valence electrons. The van der Waals surface area contributed by atoms with Gasteiger partial charge in [0.15, 0.2) is 0 Å².